The predicted octanol–water partition coefficient (Wildman–Crippen LogP) is 3.90. The van der Waals surface area contributed by atoms with Crippen molar-refractivity contribution in [3.05, 3.63) is 53.8 Å². The molecular weight excluding hydrogens is 271 g/mol. The minimum atomic E-state index is -0.476. The molecule has 2 aromatic rings. The lowest BCUT2D eigenvalue weighted by atomic mass is 10.2. The van der Waals surface area contributed by atoms with Crippen LogP contribution in [0.25, 0.3) is 0 Å². The highest BCUT2D eigenvalue weighted by molar-refractivity contribution is 5.38. The molecule has 21 heavy (non-hydrogen) atoms. The summed E-state index contributed by atoms with van der Waals surface area (Å²) in [6.07, 6.45) is 2.49. The van der Waals surface area contributed by atoms with Gasteiger partial charge in [-0.1, -0.05) is 12.1 Å². The van der Waals surface area contributed by atoms with E-state index in [0.29, 0.717) is 17.4 Å². The summed E-state index contributed by atoms with van der Waals surface area (Å²) in [6.45, 7) is 0.417. The third-order valence-corrected chi connectivity index (χ3v) is 3.42. The van der Waals surface area contributed by atoms with Crippen molar-refractivity contribution in [2.75, 3.05) is 6.61 Å². The third kappa shape index (κ3) is 3.73. The van der Waals surface area contributed by atoms with Crippen molar-refractivity contribution in [2.24, 2.45) is 5.92 Å². The Morgan fingerprint density at radius 3 is 2.52 bits per heavy atom. The number of rotatable bonds is 6. The van der Waals surface area contributed by atoms with Gasteiger partial charge in [0.25, 0.3) is 0 Å². The maximum Gasteiger partial charge on any atom is 0.132 e. The lowest BCUT2D eigenvalue weighted by molar-refractivity contribution is 0.275. The Balaban J connectivity index is 1.68. The monoisotopic (exact) mass is 288 g/mol. The van der Waals surface area contributed by atoms with Gasteiger partial charge in [-0.3, -0.25) is 0 Å². The van der Waals surface area contributed by atoms with Crippen molar-refractivity contribution in [3.63, 3.8) is 0 Å². The first-order valence-corrected chi connectivity index (χ1v) is 7.04. The van der Waals surface area contributed by atoms with E-state index < -0.39 is 5.82 Å². The Labute approximate surface area is 122 Å². The highest BCUT2D eigenvalue weighted by atomic mass is 19.1. The smallest absolute Gasteiger partial charge is 0.132 e. The van der Waals surface area contributed by atoms with Crippen LogP contribution in [-0.2, 0) is 6.61 Å². The fraction of sp³-hybridized carbons (Fsp3) is 0.294. The van der Waals surface area contributed by atoms with Gasteiger partial charge in [-0.15, -0.1) is 0 Å². The molecule has 1 fully saturated rings. The van der Waals surface area contributed by atoms with Gasteiger partial charge in [0, 0.05) is 17.7 Å². The highest BCUT2D eigenvalue weighted by Gasteiger charge is 2.21. The lowest BCUT2D eigenvalue weighted by Gasteiger charge is -2.10. The molecule has 4 heteroatoms. The van der Waals surface area contributed by atoms with Crippen LogP contribution in [0, 0.1) is 11.7 Å². The van der Waals surface area contributed by atoms with Crippen molar-refractivity contribution in [1.82, 2.24) is 0 Å². The van der Waals surface area contributed by atoms with Crippen LogP contribution >= 0.6 is 0 Å². The molecule has 3 nitrogen and oxygen atoms in total. The first kappa shape index (κ1) is 13.9. The van der Waals surface area contributed by atoms with E-state index in [9.17, 15) is 4.39 Å². The molecular formula is C17H17FO3. The number of benzene rings is 2. The van der Waals surface area contributed by atoms with Crippen LogP contribution in [-0.4, -0.2) is 11.7 Å². The molecule has 0 atom stereocenters. The Morgan fingerprint density at radius 1 is 1.05 bits per heavy atom. The van der Waals surface area contributed by atoms with E-state index in [2.05, 4.69) is 0 Å². The molecule has 0 saturated heterocycles. The van der Waals surface area contributed by atoms with Crippen LogP contribution < -0.4 is 9.47 Å². The number of aliphatic hydroxyl groups excluding tert-OH is 1. The molecule has 1 aliphatic rings. The molecule has 0 unspecified atom stereocenters. The number of aliphatic hydroxyl groups is 1. The Bertz CT molecular complexity index is 623. The summed E-state index contributed by atoms with van der Waals surface area (Å²) in [4.78, 5) is 0. The zero-order valence-corrected chi connectivity index (χ0v) is 11.6. The van der Waals surface area contributed by atoms with Crippen LogP contribution in [0.1, 0.15) is 18.4 Å². The molecule has 0 radical (unpaired) electrons. The van der Waals surface area contributed by atoms with E-state index >= 15 is 0 Å². The summed E-state index contributed by atoms with van der Waals surface area (Å²) in [7, 11) is 0. The predicted molar refractivity (Wildman–Crippen MR) is 77.1 cm³/mol. The van der Waals surface area contributed by atoms with Crippen LogP contribution in [0.15, 0.2) is 42.5 Å². The zero-order chi connectivity index (χ0) is 14.7. The fourth-order valence-corrected chi connectivity index (χ4v) is 1.98. The highest BCUT2D eigenvalue weighted by Crippen LogP contribution is 2.31. The van der Waals surface area contributed by atoms with Crippen molar-refractivity contribution in [2.45, 2.75) is 19.4 Å². The van der Waals surface area contributed by atoms with Gasteiger partial charge in [0.1, 0.15) is 23.1 Å². The van der Waals surface area contributed by atoms with Gasteiger partial charge in [-0.2, -0.15) is 0 Å². The van der Waals surface area contributed by atoms with Gasteiger partial charge in [-0.25, -0.2) is 4.39 Å². The fourth-order valence-electron chi connectivity index (χ4n) is 1.98. The Hall–Kier alpha value is -2.07. The second kappa shape index (κ2) is 6.14. The van der Waals surface area contributed by atoms with E-state index in [1.807, 2.05) is 12.1 Å². The van der Waals surface area contributed by atoms with E-state index in [-0.39, 0.29) is 12.2 Å². The first-order valence-electron chi connectivity index (χ1n) is 7.04. The summed E-state index contributed by atoms with van der Waals surface area (Å²) in [5.74, 6) is 1.96. The summed E-state index contributed by atoms with van der Waals surface area (Å²) >= 11 is 0. The molecule has 0 heterocycles. The number of halogens is 1. The molecule has 0 bridgehead atoms. The Kier molecular flexibility index (Phi) is 4.06. The van der Waals surface area contributed by atoms with Gasteiger partial charge < -0.3 is 14.6 Å². The zero-order valence-electron chi connectivity index (χ0n) is 11.6. The average Bonchev–Trinajstić information content (AvgIpc) is 3.30. The third-order valence-electron chi connectivity index (χ3n) is 3.42. The van der Waals surface area contributed by atoms with Gasteiger partial charge >= 0.3 is 0 Å². The normalized spacial score (nSPS) is 14.0. The molecule has 1 N–H and O–H groups in total. The molecule has 0 spiro atoms. The SMILES string of the molecule is OCc1ccc(Oc2cccc(OCC3CC3)c2)cc1F. The summed E-state index contributed by atoms with van der Waals surface area (Å²) in [5, 5.41) is 8.95. The maximum atomic E-state index is 13.6. The van der Waals surface area contributed by atoms with Crippen LogP contribution in [0.5, 0.6) is 17.2 Å². The van der Waals surface area contributed by atoms with Gasteiger partial charge in [0.15, 0.2) is 0 Å². The molecule has 1 saturated carbocycles. The second-order valence-corrected chi connectivity index (χ2v) is 5.24. The second-order valence-electron chi connectivity index (χ2n) is 5.24. The summed E-state index contributed by atoms with van der Waals surface area (Å²) in [6, 6.07) is 11.7. The van der Waals surface area contributed by atoms with Gasteiger partial charge in [0.05, 0.1) is 13.2 Å². The van der Waals surface area contributed by atoms with Gasteiger partial charge in [0.2, 0.25) is 0 Å². The van der Waals surface area contributed by atoms with E-state index in [1.54, 1.807) is 18.2 Å². The molecule has 0 aliphatic heterocycles. The van der Waals surface area contributed by atoms with Crippen molar-refractivity contribution in [1.29, 1.82) is 0 Å². The maximum absolute atomic E-state index is 13.6. The topological polar surface area (TPSA) is 38.7 Å². The minimum Gasteiger partial charge on any atom is -0.493 e. The number of hydrogen-bond acceptors (Lipinski definition) is 3. The van der Waals surface area contributed by atoms with E-state index in [1.165, 1.54) is 25.0 Å². The molecule has 2 aromatic carbocycles. The van der Waals surface area contributed by atoms with Gasteiger partial charge in [-0.05, 0) is 37.0 Å². The van der Waals surface area contributed by atoms with Crippen LogP contribution in [0.4, 0.5) is 4.39 Å². The molecule has 0 aromatic heterocycles. The first-order chi connectivity index (χ1) is 10.2. The van der Waals surface area contributed by atoms with Crippen molar-refractivity contribution < 1.29 is 19.0 Å². The van der Waals surface area contributed by atoms with Crippen molar-refractivity contribution in [3.8, 4) is 17.2 Å². The van der Waals surface area contributed by atoms with Crippen LogP contribution in [0.3, 0.4) is 0 Å². The Morgan fingerprint density at radius 2 is 1.81 bits per heavy atom. The van der Waals surface area contributed by atoms with E-state index in [0.717, 1.165) is 12.4 Å². The quantitative estimate of drug-likeness (QED) is 0.876. The average molecular weight is 288 g/mol. The largest absolute Gasteiger partial charge is 0.493 e. The number of hydrogen-bond donors (Lipinski definition) is 1. The van der Waals surface area contributed by atoms with Crippen LogP contribution in [0.2, 0.25) is 0 Å². The molecule has 3 rings (SSSR count). The standard InChI is InChI=1S/C17H17FO3/c18-17-9-16(7-6-13(17)10-19)21-15-3-1-2-14(8-15)20-11-12-4-5-12/h1-3,6-9,12,19H,4-5,10-11H2. The van der Waals surface area contributed by atoms with E-state index in [4.69, 9.17) is 14.6 Å². The number of ether oxygens (including phenoxy) is 2. The lowest BCUT2D eigenvalue weighted by Crippen LogP contribution is -1.98. The summed E-state index contributed by atoms with van der Waals surface area (Å²) in [5.41, 5.74) is 0.254. The molecule has 110 valence electrons. The minimum absolute atomic E-state index is 0.254. The summed E-state index contributed by atoms with van der Waals surface area (Å²) < 4.78 is 24.9. The van der Waals surface area contributed by atoms with Crippen molar-refractivity contribution >= 4 is 0 Å². The molecule has 1 aliphatic carbocycles. The molecule has 0 amide bonds.